The van der Waals surface area contributed by atoms with Crippen molar-refractivity contribution in [1.29, 1.82) is 0 Å². The first-order valence-corrected chi connectivity index (χ1v) is 9.69. The van der Waals surface area contributed by atoms with Crippen molar-refractivity contribution in [2.45, 2.75) is 51.4 Å². The molecule has 0 fully saturated rings. The van der Waals surface area contributed by atoms with Gasteiger partial charge in [-0.2, -0.15) is 0 Å². The second kappa shape index (κ2) is 7.87. The molecule has 0 unspecified atom stereocenters. The van der Waals surface area contributed by atoms with Crippen LogP contribution in [0.1, 0.15) is 73.5 Å². The minimum Gasteiger partial charge on any atom is -0.478 e. The Kier molecular flexibility index (Phi) is 5.66. The number of aromatic nitrogens is 2. The summed E-state index contributed by atoms with van der Waals surface area (Å²) in [5.41, 5.74) is 4.11. The number of aliphatic imine (C=N–C) groups is 1. The van der Waals surface area contributed by atoms with E-state index < -0.39 is 5.97 Å². The van der Waals surface area contributed by atoms with Crippen LogP contribution in [0, 0.1) is 0 Å². The van der Waals surface area contributed by atoms with Crippen LogP contribution in [0.25, 0.3) is 6.08 Å². The van der Waals surface area contributed by atoms with Gasteiger partial charge in [-0.05, 0) is 36.6 Å². The molecule has 0 aliphatic heterocycles. The topological polar surface area (TPSA) is 95.7 Å². The van der Waals surface area contributed by atoms with E-state index in [1.54, 1.807) is 36.5 Å². The van der Waals surface area contributed by atoms with Gasteiger partial charge >= 0.3 is 5.97 Å². The number of aliphatic hydroxyl groups is 1. The van der Waals surface area contributed by atoms with Crippen LogP contribution in [0.3, 0.4) is 0 Å². The largest absolute Gasteiger partial charge is 0.478 e. The van der Waals surface area contributed by atoms with Crippen molar-refractivity contribution in [3.8, 4) is 0 Å². The van der Waals surface area contributed by atoms with Crippen LogP contribution in [-0.2, 0) is 10.8 Å². The van der Waals surface area contributed by atoms with E-state index in [1.165, 1.54) is 0 Å². The second-order valence-electron chi connectivity index (χ2n) is 8.67. The van der Waals surface area contributed by atoms with Gasteiger partial charge in [-0.25, -0.2) is 9.78 Å². The summed E-state index contributed by atoms with van der Waals surface area (Å²) in [4.78, 5) is 24.8. The zero-order valence-corrected chi connectivity index (χ0v) is 17.3. The Balaban J connectivity index is 1.96. The normalized spacial score (nSPS) is 17.9. The molecule has 1 aliphatic carbocycles. The highest BCUT2D eigenvalue weighted by atomic mass is 16.4. The fraction of sp³-hybridized carbons (Fsp3) is 0.391. The van der Waals surface area contributed by atoms with Crippen molar-refractivity contribution in [3.05, 3.63) is 64.7 Å². The smallest absolute Gasteiger partial charge is 0.335 e. The lowest BCUT2D eigenvalue weighted by atomic mass is 9.67. The van der Waals surface area contributed by atoms with Gasteiger partial charge in [0, 0.05) is 10.8 Å². The van der Waals surface area contributed by atoms with E-state index in [1.807, 2.05) is 6.08 Å². The highest BCUT2D eigenvalue weighted by molar-refractivity contribution is 6.09. The Morgan fingerprint density at radius 3 is 2.31 bits per heavy atom. The molecule has 3 rings (SSSR count). The van der Waals surface area contributed by atoms with Crippen molar-refractivity contribution < 1.29 is 15.0 Å². The average Bonchev–Trinajstić information content (AvgIpc) is 2.69. The van der Waals surface area contributed by atoms with Crippen molar-refractivity contribution in [1.82, 2.24) is 9.97 Å². The Bertz CT molecular complexity index is 973. The molecule has 1 aromatic carbocycles. The highest BCUT2D eigenvalue weighted by Crippen LogP contribution is 2.43. The van der Waals surface area contributed by atoms with Crippen LogP contribution < -0.4 is 0 Å². The summed E-state index contributed by atoms with van der Waals surface area (Å²) >= 11 is 0. The SMILES string of the molecule is CC1(C)CCC(C)(C)c2nc(C(/C=C/c3ccc(C(=O)O)cc3)=NCO)cnc21. The Morgan fingerprint density at radius 1 is 1.10 bits per heavy atom. The molecule has 2 aromatic rings. The van der Waals surface area contributed by atoms with Gasteiger partial charge < -0.3 is 10.2 Å². The molecule has 0 saturated heterocycles. The first-order chi connectivity index (χ1) is 13.6. The van der Waals surface area contributed by atoms with Crippen LogP contribution in [-0.4, -0.2) is 38.6 Å². The predicted molar refractivity (Wildman–Crippen MR) is 113 cm³/mol. The maximum Gasteiger partial charge on any atom is 0.335 e. The lowest BCUT2D eigenvalue weighted by Gasteiger charge is -2.39. The fourth-order valence-corrected chi connectivity index (χ4v) is 3.55. The Morgan fingerprint density at radius 2 is 1.72 bits per heavy atom. The molecule has 0 spiro atoms. The Hall–Kier alpha value is -2.86. The molecule has 6 nitrogen and oxygen atoms in total. The van der Waals surface area contributed by atoms with Crippen LogP contribution in [0.2, 0.25) is 0 Å². The number of fused-ring (bicyclic) bond motifs is 1. The molecule has 0 atom stereocenters. The zero-order valence-electron chi connectivity index (χ0n) is 17.3. The molecule has 1 heterocycles. The lowest BCUT2D eigenvalue weighted by Crippen LogP contribution is -2.36. The van der Waals surface area contributed by atoms with Gasteiger partial charge in [0.05, 0.1) is 28.9 Å². The third-order valence-corrected chi connectivity index (χ3v) is 5.52. The van der Waals surface area contributed by atoms with Gasteiger partial charge in [0.25, 0.3) is 0 Å². The van der Waals surface area contributed by atoms with E-state index in [2.05, 4.69) is 32.7 Å². The fourth-order valence-electron chi connectivity index (χ4n) is 3.55. The highest BCUT2D eigenvalue weighted by Gasteiger charge is 2.39. The minimum atomic E-state index is -0.960. The molecule has 6 heteroatoms. The average molecular weight is 393 g/mol. The molecular formula is C23H27N3O3. The number of benzene rings is 1. The summed E-state index contributed by atoms with van der Waals surface area (Å²) < 4.78 is 0. The van der Waals surface area contributed by atoms with E-state index in [0.717, 1.165) is 29.8 Å². The Labute approximate surface area is 171 Å². The van der Waals surface area contributed by atoms with Crippen LogP contribution in [0.4, 0.5) is 0 Å². The molecular weight excluding hydrogens is 366 g/mol. The van der Waals surface area contributed by atoms with Gasteiger partial charge in [0.1, 0.15) is 12.4 Å². The summed E-state index contributed by atoms with van der Waals surface area (Å²) in [5, 5.41) is 18.4. The summed E-state index contributed by atoms with van der Waals surface area (Å²) in [7, 11) is 0. The quantitative estimate of drug-likeness (QED) is 0.749. The predicted octanol–water partition coefficient (Wildman–Crippen LogP) is 3.98. The number of rotatable bonds is 5. The maximum atomic E-state index is 11.0. The summed E-state index contributed by atoms with van der Waals surface area (Å²) in [6.07, 6.45) is 7.39. The number of aliphatic hydroxyl groups excluding tert-OH is 1. The van der Waals surface area contributed by atoms with Crippen molar-refractivity contribution in [2.75, 3.05) is 6.73 Å². The molecule has 0 radical (unpaired) electrons. The van der Waals surface area contributed by atoms with Gasteiger partial charge in [-0.1, -0.05) is 45.9 Å². The molecule has 0 amide bonds. The van der Waals surface area contributed by atoms with Gasteiger partial charge in [0.2, 0.25) is 0 Å². The van der Waals surface area contributed by atoms with Gasteiger partial charge in [0.15, 0.2) is 0 Å². The standard InChI is InChI=1S/C23H27N3O3/c1-22(2)11-12-23(3,4)20-19(22)24-13-18(26-20)17(25-14-27)10-7-15-5-8-16(9-6-15)21(28)29/h5-10,13,27H,11-12,14H2,1-4H3,(H,28,29)/b10-7+,25-17?. The number of hydrogen-bond acceptors (Lipinski definition) is 5. The first-order valence-electron chi connectivity index (χ1n) is 9.69. The molecule has 1 aliphatic rings. The van der Waals surface area contributed by atoms with Gasteiger partial charge in [-0.3, -0.25) is 9.98 Å². The van der Waals surface area contributed by atoms with Gasteiger partial charge in [-0.15, -0.1) is 0 Å². The third kappa shape index (κ3) is 4.43. The van der Waals surface area contributed by atoms with Crippen LogP contribution in [0.5, 0.6) is 0 Å². The number of nitrogens with zero attached hydrogens (tertiary/aromatic N) is 3. The molecule has 0 saturated carbocycles. The number of aromatic carboxylic acids is 1. The number of carbonyl (C=O) groups is 1. The number of carboxylic acid groups (broad SMARTS) is 1. The maximum absolute atomic E-state index is 11.0. The van der Waals surface area contributed by atoms with Crippen LogP contribution >= 0.6 is 0 Å². The van der Waals surface area contributed by atoms with E-state index in [0.29, 0.717) is 11.4 Å². The number of hydrogen-bond donors (Lipinski definition) is 2. The third-order valence-electron chi connectivity index (χ3n) is 5.52. The zero-order chi connectivity index (χ0) is 21.2. The van der Waals surface area contributed by atoms with E-state index in [4.69, 9.17) is 15.1 Å². The molecule has 1 aromatic heterocycles. The van der Waals surface area contributed by atoms with Crippen molar-refractivity contribution in [2.24, 2.45) is 4.99 Å². The number of carboxylic acids is 1. The second-order valence-corrected chi connectivity index (χ2v) is 8.67. The van der Waals surface area contributed by atoms with Crippen molar-refractivity contribution in [3.63, 3.8) is 0 Å². The summed E-state index contributed by atoms with van der Waals surface area (Å²) in [6, 6.07) is 6.55. The molecule has 29 heavy (non-hydrogen) atoms. The van der Waals surface area contributed by atoms with Crippen molar-refractivity contribution >= 4 is 17.8 Å². The van der Waals surface area contributed by atoms with E-state index in [9.17, 15) is 9.90 Å². The minimum absolute atomic E-state index is 0.0214. The monoisotopic (exact) mass is 393 g/mol. The molecule has 2 N–H and O–H groups in total. The van der Waals surface area contributed by atoms with E-state index >= 15 is 0 Å². The summed E-state index contributed by atoms with van der Waals surface area (Å²) in [6.45, 7) is 8.40. The first kappa shape index (κ1) is 20.9. The lowest BCUT2D eigenvalue weighted by molar-refractivity contribution is 0.0697. The molecule has 152 valence electrons. The van der Waals surface area contributed by atoms with Crippen LogP contribution in [0.15, 0.2) is 41.5 Å². The summed E-state index contributed by atoms with van der Waals surface area (Å²) in [5.74, 6) is -0.960. The molecule has 0 bridgehead atoms. The van der Waals surface area contributed by atoms with E-state index in [-0.39, 0.29) is 23.1 Å². The number of allylic oxidation sites excluding steroid dienone is 1.